The van der Waals surface area contributed by atoms with Gasteiger partial charge in [0.2, 0.25) is 0 Å². The number of hydrogen-bond donors (Lipinski definition) is 1. The molecule has 0 saturated carbocycles. The Morgan fingerprint density at radius 1 is 1.21 bits per heavy atom. The Hall–Kier alpha value is -2.54. The highest BCUT2D eigenvalue weighted by Crippen LogP contribution is 2.34. The van der Waals surface area contributed by atoms with Crippen LogP contribution in [0.1, 0.15) is 49.8 Å². The minimum Gasteiger partial charge on any atom is -0.462 e. The summed E-state index contributed by atoms with van der Waals surface area (Å²) >= 11 is 1.02. The van der Waals surface area contributed by atoms with Crippen LogP contribution in [0, 0.1) is 12.7 Å². The minimum atomic E-state index is -0.604. The number of benzene rings is 1. The van der Waals surface area contributed by atoms with E-state index in [-0.39, 0.29) is 28.5 Å². The molecule has 0 aliphatic carbocycles. The van der Waals surface area contributed by atoms with E-state index in [0.717, 1.165) is 11.3 Å². The van der Waals surface area contributed by atoms with Crippen molar-refractivity contribution in [3.63, 3.8) is 0 Å². The zero-order valence-corrected chi connectivity index (χ0v) is 14.3. The van der Waals surface area contributed by atoms with E-state index in [1.54, 1.807) is 13.8 Å². The molecule has 1 heterocycles. The third-order valence-corrected chi connectivity index (χ3v) is 4.59. The first kappa shape index (κ1) is 17.8. The normalized spacial score (nSPS) is 10.3. The standard InChI is InChI=1S/C17H16FNO4S/c1-4-23-17(22)13-9(2)14(10(3)20)24-16(13)19-15(21)11-5-7-12(18)8-6-11/h5-8H,4H2,1-3H3,(H,19,21). The number of ketones is 1. The lowest BCUT2D eigenvalue weighted by Crippen LogP contribution is -2.14. The second-order valence-corrected chi connectivity index (χ2v) is 6.02. The van der Waals surface area contributed by atoms with Crippen molar-refractivity contribution in [3.05, 3.63) is 51.7 Å². The van der Waals surface area contributed by atoms with Gasteiger partial charge in [0.25, 0.3) is 5.91 Å². The van der Waals surface area contributed by atoms with Crippen LogP contribution in [-0.2, 0) is 4.74 Å². The predicted octanol–water partition coefficient (Wildman–Crippen LogP) is 3.83. The van der Waals surface area contributed by atoms with Crippen molar-refractivity contribution in [2.75, 3.05) is 11.9 Å². The van der Waals surface area contributed by atoms with Gasteiger partial charge < -0.3 is 10.1 Å². The van der Waals surface area contributed by atoms with Crippen molar-refractivity contribution in [2.24, 2.45) is 0 Å². The number of hydrogen-bond acceptors (Lipinski definition) is 5. The summed E-state index contributed by atoms with van der Waals surface area (Å²) in [5.74, 6) is -1.76. The van der Waals surface area contributed by atoms with Crippen LogP contribution in [-0.4, -0.2) is 24.3 Å². The van der Waals surface area contributed by atoms with Crippen LogP contribution >= 0.6 is 11.3 Å². The number of amides is 1. The van der Waals surface area contributed by atoms with Crippen molar-refractivity contribution in [1.29, 1.82) is 0 Å². The van der Waals surface area contributed by atoms with Crippen molar-refractivity contribution in [3.8, 4) is 0 Å². The molecule has 0 aliphatic rings. The molecule has 0 unspecified atom stereocenters. The van der Waals surface area contributed by atoms with Gasteiger partial charge in [0.15, 0.2) is 5.78 Å². The van der Waals surface area contributed by atoms with Crippen LogP contribution < -0.4 is 5.32 Å². The van der Waals surface area contributed by atoms with E-state index < -0.39 is 17.7 Å². The van der Waals surface area contributed by atoms with Gasteiger partial charge in [-0.05, 0) is 50.6 Å². The van der Waals surface area contributed by atoms with Crippen molar-refractivity contribution >= 4 is 34.0 Å². The molecule has 0 bridgehead atoms. The summed E-state index contributed by atoms with van der Waals surface area (Å²) < 4.78 is 17.9. The fourth-order valence-electron chi connectivity index (χ4n) is 2.16. The number of thiophene rings is 1. The second kappa shape index (κ2) is 7.35. The largest absolute Gasteiger partial charge is 0.462 e. The van der Waals surface area contributed by atoms with Crippen LogP contribution in [0.15, 0.2) is 24.3 Å². The molecule has 0 saturated heterocycles. The number of Topliss-reactive ketones (excluding diaryl/α,β-unsaturated/α-hetero) is 1. The van der Waals surface area contributed by atoms with E-state index in [0.29, 0.717) is 10.4 Å². The Kier molecular flexibility index (Phi) is 5.46. The molecule has 1 amide bonds. The molecule has 24 heavy (non-hydrogen) atoms. The highest BCUT2D eigenvalue weighted by Gasteiger charge is 2.25. The lowest BCUT2D eigenvalue weighted by atomic mass is 10.1. The van der Waals surface area contributed by atoms with Crippen LogP contribution in [0.4, 0.5) is 9.39 Å². The number of anilines is 1. The summed E-state index contributed by atoms with van der Waals surface area (Å²) in [5.41, 5.74) is 0.879. The molecule has 126 valence electrons. The Labute approximate surface area is 142 Å². The maximum atomic E-state index is 12.9. The number of esters is 1. The van der Waals surface area contributed by atoms with Gasteiger partial charge in [-0.2, -0.15) is 0 Å². The summed E-state index contributed by atoms with van der Waals surface area (Å²) in [5, 5.41) is 2.85. The molecule has 1 aromatic heterocycles. The zero-order valence-electron chi connectivity index (χ0n) is 13.4. The fourth-order valence-corrected chi connectivity index (χ4v) is 3.25. The van der Waals surface area contributed by atoms with Gasteiger partial charge in [-0.1, -0.05) is 0 Å². The molecule has 1 aromatic carbocycles. The molecule has 2 aromatic rings. The second-order valence-electron chi connectivity index (χ2n) is 5.00. The van der Waals surface area contributed by atoms with Crippen LogP contribution in [0.3, 0.4) is 0 Å². The van der Waals surface area contributed by atoms with Gasteiger partial charge in [0.1, 0.15) is 10.8 Å². The van der Waals surface area contributed by atoms with Gasteiger partial charge >= 0.3 is 5.97 Å². The smallest absolute Gasteiger partial charge is 0.341 e. The van der Waals surface area contributed by atoms with Crippen molar-refractivity contribution < 1.29 is 23.5 Å². The number of halogens is 1. The van der Waals surface area contributed by atoms with Crippen molar-refractivity contribution in [1.82, 2.24) is 0 Å². The SMILES string of the molecule is CCOC(=O)c1c(NC(=O)c2ccc(F)cc2)sc(C(C)=O)c1C. The Morgan fingerprint density at radius 2 is 1.83 bits per heavy atom. The van der Waals surface area contributed by atoms with Gasteiger partial charge in [0, 0.05) is 5.56 Å². The molecule has 0 spiro atoms. The van der Waals surface area contributed by atoms with E-state index in [9.17, 15) is 18.8 Å². The lowest BCUT2D eigenvalue weighted by Gasteiger charge is -2.07. The van der Waals surface area contributed by atoms with E-state index in [2.05, 4.69) is 5.32 Å². The Balaban J connectivity index is 2.39. The highest BCUT2D eigenvalue weighted by molar-refractivity contribution is 7.18. The molecule has 2 rings (SSSR count). The quantitative estimate of drug-likeness (QED) is 0.658. The molecule has 0 aliphatic heterocycles. The van der Waals surface area contributed by atoms with Gasteiger partial charge in [-0.15, -0.1) is 11.3 Å². The maximum absolute atomic E-state index is 12.9. The number of carbonyl (C=O) groups is 3. The number of ether oxygens (including phenoxy) is 1. The number of rotatable bonds is 5. The number of carbonyl (C=O) groups excluding carboxylic acids is 3. The molecule has 0 fully saturated rings. The van der Waals surface area contributed by atoms with E-state index in [4.69, 9.17) is 4.74 Å². The first-order chi connectivity index (χ1) is 11.3. The van der Waals surface area contributed by atoms with Gasteiger partial charge in [-0.3, -0.25) is 9.59 Å². The third-order valence-electron chi connectivity index (χ3n) is 3.28. The molecule has 0 radical (unpaired) electrons. The lowest BCUT2D eigenvalue weighted by molar-refractivity contribution is 0.0527. The Bertz CT molecular complexity index is 796. The average molecular weight is 349 g/mol. The number of nitrogens with one attached hydrogen (secondary N) is 1. The summed E-state index contributed by atoms with van der Waals surface area (Å²) in [6.45, 7) is 4.86. The molecule has 5 nitrogen and oxygen atoms in total. The highest BCUT2D eigenvalue weighted by atomic mass is 32.1. The first-order valence-corrected chi connectivity index (χ1v) is 8.05. The van der Waals surface area contributed by atoms with Crippen LogP contribution in [0.25, 0.3) is 0 Å². The average Bonchev–Trinajstić information content (AvgIpc) is 2.84. The Morgan fingerprint density at radius 3 is 2.38 bits per heavy atom. The molecule has 0 atom stereocenters. The van der Waals surface area contributed by atoms with Crippen LogP contribution in [0.2, 0.25) is 0 Å². The molecular formula is C17H16FNO4S. The summed E-state index contributed by atoms with van der Waals surface area (Å²) in [7, 11) is 0. The van der Waals surface area contributed by atoms with Gasteiger partial charge in [-0.25, -0.2) is 9.18 Å². The van der Waals surface area contributed by atoms with Crippen LogP contribution in [0.5, 0.6) is 0 Å². The minimum absolute atomic E-state index is 0.169. The molecule has 7 heteroatoms. The predicted molar refractivity (Wildman–Crippen MR) is 89.4 cm³/mol. The first-order valence-electron chi connectivity index (χ1n) is 7.23. The summed E-state index contributed by atoms with van der Waals surface area (Å²) in [6, 6.07) is 5.01. The van der Waals surface area contributed by atoms with E-state index in [1.165, 1.54) is 31.2 Å². The zero-order chi connectivity index (χ0) is 17.9. The summed E-state index contributed by atoms with van der Waals surface area (Å²) in [4.78, 5) is 36.5. The topological polar surface area (TPSA) is 72.5 Å². The van der Waals surface area contributed by atoms with Crippen molar-refractivity contribution in [2.45, 2.75) is 20.8 Å². The van der Waals surface area contributed by atoms with Gasteiger partial charge in [0.05, 0.1) is 17.0 Å². The summed E-state index contributed by atoms with van der Waals surface area (Å²) in [6.07, 6.45) is 0. The third kappa shape index (κ3) is 3.68. The molecular weight excluding hydrogens is 333 g/mol. The fraction of sp³-hybridized carbons (Fsp3) is 0.235. The monoisotopic (exact) mass is 349 g/mol. The van der Waals surface area contributed by atoms with E-state index in [1.807, 2.05) is 0 Å². The molecule has 1 N–H and O–H groups in total. The maximum Gasteiger partial charge on any atom is 0.341 e. The van der Waals surface area contributed by atoms with E-state index >= 15 is 0 Å².